The molecule has 72 valence electrons. The molecule has 0 saturated heterocycles. The largest absolute Gasteiger partial charge is 0.425 e. The zero-order valence-electron chi connectivity index (χ0n) is 7.87. The van der Waals surface area contributed by atoms with Crippen LogP contribution in [0.2, 0.25) is 0 Å². The van der Waals surface area contributed by atoms with Gasteiger partial charge in [0.05, 0.1) is 0 Å². The topological polar surface area (TPSA) is 51.2 Å². The van der Waals surface area contributed by atoms with Crippen molar-refractivity contribution in [3.63, 3.8) is 0 Å². The maximum atomic E-state index is 8.44. The lowest BCUT2D eigenvalue weighted by Gasteiger charge is -2.00. The van der Waals surface area contributed by atoms with E-state index in [-0.39, 0.29) is 0 Å². The average Bonchev–Trinajstić information content (AvgIpc) is 1.99. The SMILES string of the molecule is Cc1cccc(C)c1C.O=S(=O)=O. The fourth-order valence-electron chi connectivity index (χ4n) is 0.898. The third-order valence-electron chi connectivity index (χ3n) is 1.88. The van der Waals surface area contributed by atoms with E-state index in [1.807, 2.05) is 0 Å². The standard InChI is InChI=1S/C9H12.O3S/c1-7-5-4-6-8(2)9(7)3;1-4(2)3/h4-6H,1-3H3;. The van der Waals surface area contributed by atoms with Crippen LogP contribution in [-0.2, 0) is 10.6 Å². The molecular weight excluding hydrogens is 188 g/mol. The minimum absolute atomic E-state index is 1.38. The summed E-state index contributed by atoms with van der Waals surface area (Å²) in [5.74, 6) is 0. The second-order valence-corrected chi connectivity index (χ2v) is 3.13. The van der Waals surface area contributed by atoms with Crippen LogP contribution in [0.25, 0.3) is 0 Å². The molecule has 1 aromatic rings. The highest BCUT2D eigenvalue weighted by atomic mass is 32.2. The molecule has 3 nitrogen and oxygen atoms in total. The van der Waals surface area contributed by atoms with Crippen molar-refractivity contribution in [2.45, 2.75) is 20.8 Å². The third kappa shape index (κ3) is 5.14. The average molecular weight is 200 g/mol. The Morgan fingerprint density at radius 1 is 0.923 bits per heavy atom. The van der Waals surface area contributed by atoms with Gasteiger partial charge in [-0.1, -0.05) is 18.2 Å². The van der Waals surface area contributed by atoms with Gasteiger partial charge in [-0.15, -0.1) is 12.6 Å². The van der Waals surface area contributed by atoms with E-state index in [2.05, 4.69) is 39.0 Å². The first-order valence-electron chi connectivity index (χ1n) is 3.74. The van der Waals surface area contributed by atoms with Crippen molar-refractivity contribution >= 4 is 10.6 Å². The van der Waals surface area contributed by atoms with Gasteiger partial charge >= 0.3 is 10.6 Å². The first-order valence-corrected chi connectivity index (χ1v) is 4.74. The Kier molecular flexibility index (Phi) is 4.99. The highest BCUT2D eigenvalue weighted by Crippen LogP contribution is 2.09. The molecular formula is C9H12O3S. The van der Waals surface area contributed by atoms with Crippen molar-refractivity contribution in [2.24, 2.45) is 0 Å². The van der Waals surface area contributed by atoms with Crippen molar-refractivity contribution in [1.82, 2.24) is 0 Å². The minimum Gasteiger partial charge on any atom is -0.142 e. The number of rotatable bonds is 0. The van der Waals surface area contributed by atoms with Crippen molar-refractivity contribution in [2.75, 3.05) is 0 Å². The minimum atomic E-state index is -3.11. The first-order chi connectivity index (χ1) is 5.95. The highest BCUT2D eigenvalue weighted by molar-refractivity contribution is 7.59. The molecule has 0 aromatic heterocycles. The summed E-state index contributed by atoms with van der Waals surface area (Å²) in [5.41, 5.74) is 4.18. The van der Waals surface area contributed by atoms with Crippen molar-refractivity contribution in [1.29, 1.82) is 0 Å². The molecule has 0 N–H and O–H groups in total. The number of hydrogen-bond donors (Lipinski definition) is 0. The van der Waals surface area contributed by atoms with Gasteiger partial charge in [-0.05, 0) is 37.5 Å². The Morgan fingerprint density at radius 2 is 1.23 bits per heavy atom. The molecule has 0 radical (unpaired) electrons. The van der Waals surface area contributed by atoms with Crippen LogP contribution in [-0.4, -0.2) is 12.6 Å². The number of hydrogen-bond acceptors (Lipinski definition) is 3. The molecule has 4 heteroatoms. The normalized spacial score (nSPS) is 8.54. The van der Waals surface area contributed by atoms with Gasteiger partial charge in [0.2, 0.25) is 0 Å². The molecule has 0 aliphatic carbocycles. The number of benzene rings is 1. The zero-order chi connectivity index (χ0) is 10.4. The summed E-state index contributed by atoms with van der Waals surface area (Å²) < 4.78 is 25.3. The molecule has 0 spiro atoms. The third-order valence-corrected chi connectivity index (χ3v) is 1.88. The van der Waals surface area contributed by atoms with Gasteiger partial charge in [0, 0.05) is 0 Å². The Bertz CT molecular complexity index is 351. The smallest absolute Gasteiger partial charge is 0.142 e. The highest BCUT2D eigenvalue weighted by Gasteiger charge is 1.91. The van der Waals surface area contributed by atoms with Crippen molar-refractivity contribution in [3.05, 3.63) is 34.9 Å². The summed E-state index contributed by atoms with van der Waals surface area (Å²) in [5, 5.41) is 0. The van der Waals surface area contributed by atoms with E-state index < -0.39 is 10.6 Å². The van der Waals surface area contributed by atoms with Crippen LogP contribution in [0.15, 0.2) is 18.2 Å². The first kappa shape index (κ1) is 11.8. The summed E-state index contributed by atoms with van der Waals surface area (Å²) >= 11 is 0. The molecule has 0 fully saturated rings. The van der Waals surface area contributed by atoms with Crippen LogP contribution in [0.4, 0.5) is 0 Å². The van der Waals surface area contributed by atoms with E-state index >= 15 is 0 Å². The predicted octanol–water partition coefficient (Wildman–Crippen LogP) is 1.61. The van der Waals surface area contributed by atoms with Gasteiger partial charge in [0.25, 0.3) is 0 Å². The number of aryl methyl sites for hydroxylation is 2. The lowest BCUT2D eigenvalue weighted by Crippen LogP contribution is -1.82. The Hall–Kier alpha value is -1.16. The van der Waals surface area contributed by atoms with Crippen LogP contribution in [0.3, 0.4) is 0 Å². The molecule has 0 atom stereocenters. The Balaban J connectivity index is 0.000000310. The maximum Gasteiger partial charge on any atom is 0.425 e. The predicted molar refractivity (Wildman–Crippen MR) is 50.4 cm³/mol. The quantitative estimate of drug-likeness (QED) is 0.639. The van der Waals surface area contributed by atoms with E-state index in [4.69, 9.17) is 12.6 Å². The Morgan fingerprint density at radius 3 is 1.46 bits per heavy atom. The van der Waals surface area contributed by atoms with Gasteiger partial charge in [-0.3, -0.25) is 0 Å². The fourth-order valence-corrected chi connectivity index (χ4v) is 0.898. The van der Waals surface area contributed by atoms with Gasteiger partial charge < -0.3 is 0 Å². The summed E-state index contributed by atoms with van der Waals surface area (Å²) in [6, 6.07) is 6.38. The molecule has 0 amide bonds. The van der Waals surface area contributed by atoms with Crippen LogP contribution in [0.1, 0.15) is 16.7 Å². The second-order valence-electron chi connectivity index (χ2n) is 2.72. The zero-order valence-corrected chi connectivity index (χ0v) is 8.68. The molecule has 13 heavy (non-hydrogen) atoms. The molecule has 0 aliphatic heterocycles. The molecule has 1 aromatic carbocycles. The molecule has 1 rings (SSSR count). The summed E-state index contributed by atoms with van der Waals surface area (Å²) in [6.45, 7) is 6.44. The van der Waals surface area contributed by atoms with Crippen molar-refractivity contribution in [3.8, 4) is 0 Å². The molecule has 0 bridgehead atoms. The van der Waals surface area contributed by atoms with Crippen LogP contribution in [0, 0.1) is 20.8 Å². The molecule has 0 unspecified atom stereocenters. The van der Waals surface area contributed by atoms with Gasteiger partial charge in [-0.25, -0.2) is 0 Å². The monoisotopic (exact) mass is 200 g/mol. The van der Waals surface area contributed by atoms with Crippen LogP contribution >= 0.6 is 0 Å². The maximum absolute atomic E-state index is 8.44. The lowest BCUT2D eigenvalue weighted by atomic mass is 10.1. The van der Waals surface area contributed by atoms with Crippen LogP contribution in [0.5, 0.6) is 0 Å². The van der Waals surface area contributed by atoms with E-state index in [1.54, 1.807) is 0 Å². The van der Waals surface area contributed by atoms with Gasteiger partial charge in [0.1, 0.15) is 0 Å². The lowest BCUT2D eigenvalue weighted by molar-refractivity contribution is 0.559. The van der Waals surface area contributed by atoms with Crippen LogP contribution < -0.4 is 0 Å². The fraction of sp³-hybridized carbons (Fsp3) is 0.333. The van der Waals surface area contributed by atoms with Gasteiger partial charge in [-0.2, -0.15) is 0 Å². The molecule has 0 heterocycles. The summed E-state index contributed by atoms with van der Waals surface area (Å²) in [4.78, 5) is 0. The van der Waals surface area contributed by atoms with E-state index in [0.29, 0.717) is 0 Å². The van der Waals surface area contributed by atoms with Crippen molar-refractivity contribution < 1.29 is 12.6 Å². The second kappa shape index (κ2) is 5.48. The Labute approximate surface area is 79.5 Å². The molecule has 0 saturated carbocycles. The van der Waals surface area contributed by atoms with Gasteiger partial charge in [0.15, 0.2) is 0 Å². The summed E-state index contributed by atoms with van der Waals surface area (Å²) in [7, 11) is -3.11. The molecule has 0 aliphatic rings. The van der Waals surface area contributed by atoms with E-state index in [9.17, 15) is 0 Å². The van der Waals surface area contributed by atoms with E-state index in [1.165, 1.54) is 16.7 Å². The van der Waals surface area contributed by atoms with E-state index in [0.717, 1.165) is 0 Å². The summed E-state index contributed by atoms with van der Waals surface area (Å²) in [6.07, 6.45) is 0.